The zero-order valence-electron chi connectivity index (χ0n) is 12.9. The van der Waals surface area contributed by atoms with Crippen molar-refractivity contribution in [1.82, 2.24) is 20.1 Å². The van der Waals surface area contributed by atoms with Gasteiger partial charge in [-0.1, -0.05) is 6.42 Å². The Morgan fingerprint density at radius 2 is 2.30 bits per heavy atom. The lowest BCUT2D eigenvalue weighted by atomic mass is 9.86. The van der Waals surface area contributed by atoms with Crippen LogP contribution in [0.25, 0.3) is 0 Å². The molecular formula is C15H21N5O2S. The molecule has 1 fully saturated rings. The number of hydrogen-bond donors (Lipinski definition) is 3. The number of aliphatic hydroxyl groups is 1. The summed E-state index contributed by atoms with van der Waals surface area (Å²) in [7, 11) is 0. The lowest BCUT2D eigenvalue weighted by molar-refractivity contribution is -0.122. The summed E-state index contributed by atoms with van der Waals surface area (Å²) in [6.45, 7) is 1.07. The first-order chi connectivity index (χ1) is 11.2. The minimum atomic E-state index is -0.165. The van der Waals surface area contributed by atoms with Crippen LogP contribution in [0.15, 0.2) is 18.6 Å². The first kappa shape index (κ1) is 15.9. The van der Waals surface area contributed by atoms with Crippen LogP contribution in [0.1, 0.15) is 35.1 Å². The van der Waals surface area contributed by atoms with Gasteiger partial charge in [0.2, 0.25) is 5.91 Å². The van der Waals surface area contributed by atoms with E-state index >= 15 is 0 Å². The van der Waals surface area contributed by atoms with Gasteiger partial charge in [0.25, 0.3) is 0 Å². The summed E-state index contributed by atoms with van der Waals surface area (Å²) in [4.78, 5) is 17.3. The van der Waals surface area contributed by atoms with Crippen LogP contribution in [0.5, 0.6) is 0 Å². The Bertz CT molecular complexity index is 650. The normalized spacial score (nSPS) is 14.5. The molecule has 0 bridgehead atoms. The monoisotopic (exact) mass is 335 g/mol. The van der Waals surface area contributed by atoms with E-state index in [0.717, 1.165) is 5.69 Å². The number of carbonyl (C=O) groups excluding carboxylic acids is 1. The largest absolute Gasteiger partial charge is 0.395 e. The third kappa shape index (κ3) is 4.29. The zero-order valence-corrected chi connectivity index (χ0v) is 13.7. The molecule has 1 saturated carbocycles. The lowest BCUT2D eigenvalue weighted by Gasteiger charge is -2.22. The van der Waals surface area contributed by atoms with Gasteiger partial charge in [0.1, 0.15) is 6.54 Å². The highest BCUT2D eigenvalue weighted by molar-refractivity contribution is 7.11. The number of thiazole rings is 1. The van der Waals surface area contributed by atoms with E-state index < -0.39 is 0 Å². The molecule has 0 atom stereocenters. The van der Waals surface area contributed by atoms with Gasteiger partial charge in [-0.05, 0) is 12.8 Å². The van der Waals surface area contributed by atoms with Crippen molar-refractivity contribution in [3.8, 4) is 0 Å². The smallest absolute Gasteiger partial charge is 0.241 e. The van der Waals surface area contributed by atoms with Crippen LogP contribution >= 0.6 is 11.3 Å². The van der Waals surface area contributed by atoms with Gasteiger partial charge in [0, 0.05) is 29.7 Å². The van der Waals surface area contributed by atoms with E-state index in [0.29, 0.717) is 12.5 Å². The van der Waals surface area contributed by atoms with Crippen LogP contribution in [0, 0.1) is 0 Å². The summed E-state index contributed by atoms with van der Waals surface area (Å²) in [5.41, 5.74) is 0.874. The number of rotatable bonds is 8. The number of anilines is 1. The van der Waals surface area contributed by atoms with Crippen molar-refractivity contribution in [1.29, 1.82) is 0 Å². The van der Waals surface area contributed by atoms with Crippen LogP contribution in [0.2, 0.25) is 0 Å². The molecule has 0 unspecified atom stereocenters. The standard InChI is InChI=1S/C15H21N5O2S/c21-5-4-16-14(22)10-20-9-12(6-19-20)17-7-13-8-18-15(23-13)11-2-1-3-11/h6,8-9,11,17,21H,1-5,7,10H2,(H,16,22). The molecule has 0 saturated heterocycles. The summed E-state index contributed by atoms with van der Waals surface area (Å²) >= 11 is 1.77. The fourth-order valence-corrected chi connectivity index (χ4v) is 3.40. The Labute approximate surface area is 138 Å². The van der Waals surface area contributed by atoms with Gasteiger partial charge >= 0.3 is 0 Å². The second-order valence-corrected chi connectivity index (χ2v) is 6.79. The Kier molecular flexibility index (Phi) is 5.24. The molecule has 23 heavy (non-hydrogen) atoms. The summed E-state index contributed by atoms with van der Waals surface area (Å²) in [5, 5.41) is 20.0. The topological polar surface area (TPSA) is 92.1 Å². The summed E-state index contributed by atoms with van der Waals surface area (Å²) < 4.78 is 1.57. The minimum absolute atomic E-state index is 0.0602. The second kappa shape index (κ2) is 7.56. The predicted molar refractivity (Wildman–Crippen MR) is 88.4 cm³/mol. The van der Waals surface area contributed by atoms with E-state index in [1.807, 2.05) is 6.20 Å². The maximum Gasteiger partial charge on any atom is 0.241 e. The quantitative estimate of drug-likeness (QED) is 0.677. The third-order valence-electron chi connectivity index (χ3n) is 3.87. The number of hydrogen-bond acceptors (Lipinski definition) is 6. The fraction of sp³-hybridized carbons (Fsp3) is 0.533. The SMILES string of the molecule is O=C(Cn1cc(NCc2cnc(C3CCC3)s2)cn1)NCCO. The van der Waals surface area contributed by atoms with Crippen molar-refractivity contribution in [2.75, 3.05) is 18.5 Å². The molecule has 124 valence electrons. The fourth-order valence-electron chi connectivity index (χ4n) is 2.38. The van der Waals surface area contributed by atoms with Crippen LogP contribution in [-0.2, 0) is 17.9 Å². The van der Waals surface area contributed by atoms with Gasteiger partial charge in [0.05, 0.1) is 30.0 Å². The van der Waals surface area contributed by atoms with E-state index in [4.69, 9.17) is 5.11 Å². The molecule has 1 aliphatic rings. The average molecular weight is 335 g/mol. The van der Waals surface area contributed by atoms with Crippen molar-refractivity contribution in [3.05, 3.63) is 28.5 Å². The number of nitrogens with one attached hydrogen (secondary N) is 2. The van der Waals surface area contributed by atoms with E-state index in [1.165, 1.54) is 29.1 Å². The number of aromatic nitrogens is 3. The molecule has 1 amide bonds. The van der Waals surface area contributed by atoms with E-state index in [9.17, 15) is 4.79 Å². The van der Waals surface area contributed by atoms with Crippen molar-refractivity contribution < 1.29 is 9.90 Å². The third-order valence-corrected chi connectivity index (χ3v) is 5.03. The molecule has 0 radical (unpaired) electrons. The molecule has 2 aromatic rings. The molecule has 0 aliphatic heterocycles. The van der Waals surface area contributed by atoms with Gasteiger partial charge in [-0.3, -0.25) is 9.48 Å². The highest BCUT2D eigenvalue weighted by Gasteiger charge is 2.22. The minimum Gasteiger partial charge on any atom is -0.395 e. The summed E-state index contributed by atoms with van der Waals surface area (Å²) in [6, 6.07) is 0. The summed E-state index contributed by atoms with van der Waals surface area (Å²) in [6.07, 6.45) is 9.30. The highest BCUT2D eigenvalue weighted by Crippen LogP contribution is 2.38. The van der Waals surface area contributed by atoms with Crippen molar-refractivity contribution >= 4 is 22.9 Å². The van der Waals surface area contributed by atoms with Crippen LogP contribution in [0.3, 0.4) is 0 Å². The van der Waals surface area contributed by atoms with Gasteiger partial charge in [-0.25, -0.2) is 4.98 Å². The van der Waals surface area contributed by atoms with Crippen molar-refractivity contribution in [3.63, 3.8) is 0 Å². The Morgan fingerprint density at radius 1 is 1.43 bits per heavy atom. The Hall–Kier alpha value is -1.93. The number of carbonyl (C=O) groups is 1. The van der Waals surface area contributed by atoms with Crippen LogP contribution in [-0.4, -0.2) is 38.9 Å². The molecule has 0 spiro atoms. The van der Waals surface area contributed by atoms with Gasteiger partial charge in [-0.15, -0.1) is 11.3 Å². The van der Waals surface area contributed by atoms with Crippen molar-refractivity contribution in [2.24, 2.45) is 0 Å². The molecule has 2 heterocycles. The van der Waals surface area contributed by atoms with Crippen molar-refractivity contribution in [2.45, 2.75) is 38.3 Å². The summed E-state index contributed by atoms with van der Waals surface area (Å²) in [5.74, 6) is 0.509. The number of aliphatic hydroxyl groups excluding tert-OH is 1. The van der Waals surface area contributed by atoms with E-state index in [1.54, 1.807) is 28.4 Å². The number of nitrogens with zero attached hydrogens (tertiary/aromatic N) is 3. The average Bonchev–Trinajstić information content (AvgIpc) is 3.11. The van der Waals surface area contributed by atoms with Gasteiger partial charge in [-0.2, -0.15) is 5.10 Å². The Balaban J connectivity index is 1.47. The van der Waals surface area contributed by atoms with Crippen LogP contribution < -0.4 is 10.6 Å². The van der Waals surface area contributed by atoms with Gasteiger partial charge in [0.15, 0.2) is 0 Å². The molecule has 3 rings (SSSR count). The highest BCUT2D eigenvalue weighted by atomic mass is 32.1. The van der Waals surface area contributed by atoms with E-state index in [2.05, 4.69) is 20.7 Å². The maximum atomic E-state index is 11.6. The molecule has 3 N–H and O–H groups in total. The first-order valence-corrected chi connectivity index (χ1v) is 8.64. The molecule has 7 nitrogen and oxygen atoms in total. The molecule has 1 aliphatic carbocycles. The molecule has 8 heteroatoms. The Morgan fingerprint density at radius 3 is 3.04 bits per heavy atom. The predicted octanol–water partition coefficient (Wildman–Crippen LogP) is 1.33. The zero-order chi connectivity index (χ0) is 16.1. The second-order valence-electron chi connectivity index (χ2n) is 5.65. The van der Waals surface area contributed by atoms with Gasteiger partial charge < -0.3 is 15.7 Å². The van der Waals surface area contributed by atoms with Crippen LogP contribution in [0.4, 0.5) is 5.69 Å². The maximum absolute atomic E-state index is 11.6. The first-order valence-electron chi connectivity index (χ1n) is 7.83. The number of amides is 1. The van der Waals surface area contributed by atoms with E-state index in [-0.39, 0.29) is 25.6 Å². The molecular weight excluding hydrogens is 314 g/mol. The lowest BCUT2D eigenvalue weighted by Crippen LogP contribution is -2.30. The molecule has 2 aromatic heterocycles. The molecule has 0 aromatic carbocycles.